The van der Waals surface area contributed by atoms with E-state index in [1.807, 2.05) is 0 Å². The van der Waals surface area contributed by atoms with E-state index in [0.29, 0.717) is 0 Å². The molecule has 2 rings (SSSR count). The number of terminal acetylenes is 1. The van der Waals surface area contributed by atoms with Crippen LogP contribution in [0, 0.1) is 18.3 Å². The van der Waals surface area contributed by atoms with Crippen molar-refractivity contribution in [1.82, 2.24) is 10.2 Å². The fourth-order valence-corrected chi connectivity index (χ4v) is 2.26. The average molecular weight is 234 g/mol. The molecule has 0 saturated heterocycles. The Hall–Kier alpha value is -0.520. The molecule has 0 aromatic carbocycles. The largest absolute Gasteiger partial charge is 0.314 e. The van der Waals surface area contributed by atoms with Crippen LogP contribution < -0.4 is 5.32 Å². The summed E-state index contributed by atoms with van der Waals surface area (Å²) in [7, 11) is 0. The minimum Gasteiger partial charge on any atom is -0.314 e. The Kier molecular flexibility index (Phi) is 5.35. The normalized spacial score (nSPS) is 19.5. The Morgan fingerprint density at radius 3 is 2.59 bits per heavy atom. The predicted octanol–water partition coefficient (Wildman–Crippen LogP) is 2.25. The van der Waals surface area contributed by atoms with E-state index in [4.69, 9.17) is 6.42 Å². The van der Waals surface area contributed by atoms with Crippen LogP contribution in [0.25, 0.3) is 0 Å². The molecular weight excluding hydrogens is 208 g/mol. The molecule has 0 radical (unpaired) electrons. The van der Waals surface area contributed by atoms with Gasteiger partial charge in [-0.15, -0.1) is 6.42 Å². The molecule has 2 aliphatic carbocycles. The second-order valence-corrected chi connectivity index (χ2v) is 5.67. The Morgan fingerprint density at radius 2 is 1.94 bits per heavy atom. The number of nitrogens with one attached hydrogen (secondary N) is 1. The van der Waals surface area contributed by atoms with Gasteiger partial charge in [0.15, 0.2) is 0 Å². The summed E-state index contributed by atoms with van der Waals surface area (Å²) >= 11 is 0. The van der Waals surface area contributed by atoms with Crippen LogP contribution in [-0.4, -0.2) is 37.1 Å². The van der Waals surface area contributed by atoms with Crippen molar-refractivity contribution in [3.63, 3.8) is 0 Å². The molecule has 0 heterocycles. The maximum Gasteiger partial charge on any atom is 0.0599 e. The van der Waals surface area contributed by atoms with Crippen molar-refractivity contribution < 1.29 is 0 Å². The first-order chi connectivity index (χ1) is 8.38. The van der Waals surface area contributed by atoms with Crippen molar-refractivity contribution in [3.8, 4) is 12.3 Å². The van der Waals surface area contributed by atoms with Crippen LogP contribution in [0.5, 0.6) is 0 Å². The summed E-state index contributed by atoms with van der Waals surface area (Å²) < 4.78 is 0. The summed E-state index contributed by atoms with van der Waals surface area (Å²) in [6, 6.07) is 0.864. The number of rotatable bonds is 10. The monoisotopic (exact) mass is 234 g/mol. The molecule has 2 fully saturated rings. The number of hydrogen-bond acceptors (Lipinski definition) is 2. The molecule has 0 atom stereocenters. The first kappa shape index (κ1) is 12.9. The van der Waals surface area contributed by atoms with E-state index in [0.717, 1.165) is 18.5 Å². The van der Waals surface area contributed by atoms with Gasteiger partial charge in [-0.1, -0.05) is 12.3 Å². The molecule has 2 aliphatic rings. The van der Waals surface area contributed by atoms with Crippen LogP contribution in [0.3, 0.4) is 0 Å². The summed E-state index contributed by atoms with van der Waals surface area (Å²) in [4.78, 5) is 2.46. The van der Waals surface area contributed by atoms with E-state index >= 15 is 0 Å². The predicted molar refractivity (Wildman–Crippen MR) is 72.9 cm³/mol. The standard InChI is InChI=1S/C15H26N2/c1-2-11-17(13-14-6-7-14)12-5-3-4-10-16-15-8-9-15/h1,14-16H,3-13H2. The van der Waals surface area contributed by atoms with Gasteiger partial charge >= 0.3 is 0 Å². The van der Waals surface area contributed by atoms with Gasteiger partial charge in [0.1, 0.15) is 0 Å². The molecule has 0 unspecified atom stereocenters. The number of nitrogens with zero attached hydrogens (tertiary/aromatic N) is 1. The average Bonchev–Trinajstić information content (AvgIpc) is 3.17. The molecule has 17 heavy (non-hydrogen) atoms. The summed E-state index contributed by atoms with van der Waals surface area (Å²) in [5.41, 5.74) is 0. The van der Waals surface area contributed by atoms with Gasteiger partial charge < -0.3 is 5.32 Å². The highest BCUT2D eigenvalue weighted by Crippen LogP contribution is 2.29. The molecule has 2 heteroatoms. The van der Waals surface area contributed by atoms with E-state index in [-0.39, 0.29) is 0 Å². The first-order valence-corrected chi connectivity index (χ1v) is 7.27. The fourth-order valence-electron chi connectivity index (χ4n) is 2.26. The van der Waals surface area contributed by atoms with Crippen LogP contribution in [0.15, 0.2) is 0 Å². The number of hydrogen-bond donors (Lipinski definition) is 1. The van der Waals surface area contributed by atoms with E-state index in [1.54, 1.807) is 0 Å². The summed E-state index contributed by atoms with van der Waals surface area (Å²) in [6.45, 7) is 4.49. The quantitative estimate of drug-likeness (QED) is 0.461. The highest BCUT2D eigenvalue weighted by molar-refractivity contribution is 4.90. The van der Waals surface area contributed by atoms with Crippen LogP contribution in [0.2, 0.25) is 0 Å². The molecule has 0 aliphatic heterocycles. The molecule has 2 saturated carbocycles. The third-order valence-corrected chi connectivity index (χ3v) is 3.69. The Balaban J connectivity index is 1.44. The molecule has 0 amide bonds. The second kappa shape index (κ2) is 7.03. The molecule has 0 spiro atoms. The lowest BCUT2D eigenvalue weighted by molar-refractivity contribution is 0.287. The zero-order valence-electron chi connectivity index (χ0n) is 11.0. The van der Waals surface area contributed by atoms with Crippen molar-refractivity contribution in [2.75, 3.05) is 26.2 Å². The highest BCUT2D eigenvalue weighted by atomic mass is 15.1. The van der Waals surface area contributed by atoms with Gasteiger partial charge in [-0.05, 0) is 57.5 Å². The maximum atomic E-state index is 5.42. The van der Waals surface area contributed by atoms with Crippen molar-refractivity contribution in [1.29, 1.82) is 0 Å². The van der Waals surface area contributed by atoms with Crippen LogP contribution >= 0.6 is 0 Å². The van der Waals surface area contributed by atoms with E-state index in [2.05, 4.69) is 16.1 Å². The summed E-state index contributed by atoms with van der Waals surface area (Å²) in [6.07, 6.45) is 15.0. The van der Waals surface area contributed by atoms with Gasteiger partial charge in [0.2, 0.25) is 0 Å². The smallest absolute Gasteiger partial charge is 0.0599 e. The van der Waals surface area contributed by atoms with Gasteiger partial charge in [-0.25, -0.2) is 0 Å². The lowest BCUT2D eigenvalue weighted by Gasteiger charge is -2.19. The van der Waals surface area contributed by atoms with Crippen molar-refractivity contribution in [3.05, 3.63) is 0 Å². The third-order valence-electron chi connectivity index (χ3n) is 3.69. The zero-order valence-corrected chi connectivity index (χ0v) is 11.0. The SMILES string of the molecule is C#CCN(CCCCCNC1CC1)CC1CC1. The van der Waals surface area contributed by atoms with Gasteiger partial charge in [0.25, 0.3) is 0 Å². The fraction of sp³-hybridized carbons (Fsp3) is 0.867. The van der Waals surface area contributed by atoms with Crippen LogP contribution in [0.1, 0.15) is 44.9 Å². The van der Waals surface area contributed by atoms with Crippen molar-refractivity contribution in [2.24, 2.45) is 5.92 Å². The molecule has 0 bridgehead atoms. The van der Waals surface area contributed by atoms with Gasteiger partial charge in [-0.2, -0.15) is 0 Å². The Bertz CT molecular complexity index is 248. The first-order valence-electron chi connectivity index (χ1n) is 7.27. The van der Waals surface area contributed by atoms with Gasteiger partial charge in [0, 0.05) is 12.6 Å². The van der Waals surface area contributed by atoms with Gasteiger partial charge in [-0.3, -0.25) is 4.90 Å². The Morgan fingerprint density at radius 1 is 1.12 bits per heavy atom. The van der Waals surface area contributed by atoms with Crippen LogP contribution in [0.4, 0.5) is 0 Å². The molecule has 2 nitrogen and oxygen atoms in total. The van der Waals surface area contributed by atoms with E-state index in [9.17, 15) is 0 Å². The summed E-state index contributed by atoms with van der Waals surface area (Å²) in [5.74, 6) is 3.75. The minimum atomic E-state index is 0.844. The zero-order chi connectivity index (χ0) is 11.9. The lowest BCUT2D eigenvalue weighted by atomic mass is 10.2. The van der Waals surface area contributed by atoms with Gasteiger partial charge in [0.05, 0.1) is 6.54 Å². The van der Waals surface area contributed by atoms with E-state index in [1.165, 1.54) is 64.6 Å². The van der Waals surface area contributed by atoms with Crippen LogP contribution in [-0.2, 0) is 0 Å². The number of unbranched alkanes of at least 4 members (excludes halogenated alkanes) is 2. The molecular formula is C15H26N2. The lowest BCUT2D eigenvalue weighted by Crippen LogP contribution is -2.27. The second-order valence-electron chi connectivity index (χ2n) is 5.67. The molecule has 0 aromatic heterocycles. The molecule has 96 valence electrons. The van der Waals surface area contributed by atoms with Crippen molar-refractivity contribution in [2.45, 2.75) is 51.0 Å². The highest BCUT2D eigenvalue weighted by Gasteiger charge is 2.23. The maximum absolute atomic E-state index is 5.42. The molecule has 0 aromatic rings. The summed E-state index contributed by atoms with van der Waals surface area (Å²) in [5, 5.41) is 3.57. The topological polar surface area (TPSA) is 15.3 Å². The Labute approximate surface area is 106 Å². The minimum absolute atomic E-state index is 0.844. The third kappa shape index (κ3) is 6.10. The molecule has 1 N–H and O–H groups in total. The van der Waals surface area contributed by atoms with E-state index < -0.39 is 0 Å². The van der Waals surface area contributed by atoms with Crippen molar-refractivity contribution >= 4 is 0 Å².